The largest absolute Gasteiger partial charge is 0.369 e. The Kier molecular flexibility index (Phi) is 6.01. The van der Waals surface area contributed by atoms with Gasteiger partial charge in [-0.05, 0) is 41.3 Å². The van der Waals surface area contributed by atoms with Crippen LogP contribution < -0.4 is 10.0 Å². The van der Waals surface area contributed by atoms with Crippen LogP contribution >= 0.6 is 15.9 Å². The minimum absolute atomic E-state index is 0.199. The summed E-state index contributed by atoms with van der Waals surface area (Å²) in [6.45, 7) is 3.03. The molecule has 2 N–H and O–H groups in total. The lowest BCUT2D eigenvalue weighted by molar-refractivity contribution is 0.495. The van der Waals surface area contributed by atoms with E-state index in [1.54, 1.807) is 12.3 Å². The van der Waals surface area contributed by atoms with Crippen molar-refractivity contribution in [2.45, 2.75) is 43.9 Å². The molecule has 21 heavy (non-hydrogen) atoms. The first kappa shape index (κ1) is 16.7. The van der Waals surface area contributed by atoms with Crippen LogP contribution in [0.25, 0.3) is 0 Å². The van der Waals surface area contributed by atoms with Crippen molar-refractivity contribution in [3.05, 3.63) is 16.7 Å². The van der Waals surface area contributed by atoms with Gasteiger partial charge in [0.2, 0.25) is 10.0 Å². The lowest BCUT2D eigenvalue weighted by atomic mass is 10.1. The van der Waals surface area contributed by atoms with Gasteiger partial charge in [0.1, 0.15) is 10.7 Å². The van der Waals surface area contributed by atoms with Gasteiger partial charge in [0.25, 0.3) is 0 Å². The van der Waals surface area contributed by atoms with Crippen molar-refractivity contribution >= 4 is 31.8 Å². The van der Waals surface area contributed by atoms with E-state index in [1.165, 1.54) is 25.7 Å². The van der Waals surface area contributed by atoms with Gasteiger partial charge >= 0.3 is 0 Å². The highest BCUT2D eigenvalue weighted by molar-refractivity contribution is 9.10. The molecular formula is C14H22BrN3O2S. The molecule has 0 amide bonds. The highest BCUT2D eigenvalue weighted by atomic mass is 79.9. The molecular weight excluding hydrogens is 354 g/mol. The summed E-state index contributed by atoms with van der Waals surface area (Å²) in [5, 5.41) is 2.99. The molecule has 0 atom stereocenters. The van der Waals surface area contributed by atoms with E-state index in [-0.39, 0.29) is 4.90 Å². The molecule has 1 heterocycles. The molecule has 0 aromatic carbocycles. The van der Waals surface area contributed by atoms with Crippen LogP contribution in [0, 0.1) is 5.92 Å². The predicted molar refractivity (Wildman–Crippen MR) is 87.9 cm³/mol. The number of nitrogens with one attached hydrogen (secondary N) is 2. The second-order valence-corrected chi connectivity index (χ2v) is 8.02. The zero-order chi connectivity index (χ0) is 15.3. The minimum Gasteiger partial charge on any atom is -0.369 e. The Morgan fingerprint density at radius 2 is 2.10 bits per heavy atom. The Balaban J connectivity index is 2.05. The van der Waals surface area contributed by atoms with E-state index in [4.69, 9.17) is 0 Å². The van der Waals surface area contributed by atoms with Crippen molar-refractivity contribution in [1.29, 1.82) is 0 Å². The fourth-order valence-electron chi connectivity index (χ4n) is 2.70. The highest BCUT2D eigenvalue weighted by Crippen LogP contribution is 2.27. The number of pyridine rings is 1. The lowest BCUT2D eigenvalue weighted by Gasteiger charge is -2.13. The first-order valence-electron chi connectivity index (χ1n) is 7.42. The normalized spacial score (nSPS) is 16.3. The van der Waals surface area contributed by atoms with E-state index < -0.39 is 10.0 Å². The van der Waals surface area contributed by atoms with Crippen LogP contribution in [-0.4, -0.2) is 26.5 Å². The summed E-state index contributed by atoms with van der Waals surface area (Å²) in [6.07, 6.45) is 7.51. The molecule has 0 aliphatic heterocycles. The van der Waals surface area contributed by atoms with Crippen molar-refractivity contribution < 1.29 is 8.42 Å². The van der Waals surface area contributed by atoms with Gasteiger partial charge in [-0.2, -0.15) is 0 Å². The first-order chi connectivity index (χ1) is 10.0. The smallest absolute Gasteiger partial charge is 0.244 e. The summed E-state index contributed by atoms with van der Waals surface area (Å²) in [6, 6.07) is 1.59. The molecule has 0 spiro atoms. The number of hydrogen-bond donors (Lipinski definition) is 2. The molecule has 0 unspecified atom stereocenters. The Hall–Kier alpha value is -0.660. The molecule has 1 aliphatic rings. The van der Waals surface area contributed by atoms with Gasteiger partial charge in [-0.1, -0.05) is 25.7 Å². The third-order valence-electron chi connectivity index (χ3n) is 3.77. The molecule has 5 nitrogen and oxygen atoms in total. The number of nitrogens with zero attached hydrogens (tertiary/aromatic N) is 1. The van der Waals surface area contributed by atoms with Gasteiger partial charge in [0, 0.05) is 23.8 Å². The summed E-state index contributed by atoms with van der Waals surface area (Å²) in [7, 11) is -3.53. The van der Waals surface area contributed by atoms with Crippen molar-refractivity contribution in [1.82, 2.24) is 9.71 Å². The number of rotatable bonds is 7. The summed E-state index contributed by atoms with van der Waals surface area (Å²) < 4.78 is 28.2. The van der Waals surface area contributed by atoms with E-state index >= 15 is 0 Å². The molecule has 0 saturated heterocycles. The van der Waals surface area contributed by atoms with Crippen LogP contribution in [0.4, 0.5) is 5.82 Å². The molecule has 2 rings (SSSR count). The van der Waals surface area contributed by atoms with Crippen molar-refractivity contribution in [3.8, 4) is 0 Å². The van der Waals surface area contributed by atoms with Gasteiger partial charge in [0.05, 0.1) is 0 Å². The Labute approximate surface area is 135 Å². The van der Waals surface area contributed by atoms with Gasteiger partial charge in [0.15, 0.2) is 0 Å². The SMILES string of the molecule is CCNc1ncc(Br)cc1S(=O)(=O)NCCC1CCCC1. The van der Waals surface area contributed by atoms with E-state index in [0.717, 1.165) is 6.42 Å². The fourth-order valence-corrected chi connectivity index (χ4v) is 4.39. The van der Waals surface area contributed by atoms with Crippen LogP contribution in [0.1, 0.15) is 39.0 Å². The van der Waals surface area contributed by atoms with Crippen molar-refractivity contribution in [3.63, 3.8) is 0 Å². The molecule has 0 radical (unpaired) electrons. The monoisotopic (exact) mass is 375 g/mol. The number of halogens is 1. The highest BCUT2D eigenvalue weighted by Gasteiger charge is 2.21. The average molecular weight is 376 g/mol. The Morgan fingerprint density at radius 1 is 1.38 bits per heavy atom. The predicted octanol–water partition coefficient (Wildman–Crippen LogP) is 3.13. The van der Waals surface area contributed by atoms with Gasteiger partial charge in [-0.3, -0.25) is 0 Å². The van der Waals surface area contributed by atoms with Gasteiger partial charge in [-0.15, -0.1) is 0 Å². The topological polar surface area (TPSA) is 71.1 Å². The summed E-state index contributed by atoms with van der Waals surface area (Å²) in [4.78, 5) is 4.34. The van der Waals surface area contributed by atoms with Crippen LogP contribution in [0.5, 0.6) is 0 Å². The third-order valence-corrected chi connectivity index (χ3v) is 5.68. The zero-order valence-corrected chi connectivity index (χ0v) is 14.6. The molecule has 1 aliphatic carbocycles. The standard InChI is InChI=1S/C14H22BrN3O2S/c1-2-16-14-13(9-12(15)10-17-14)21(19,20)18-8-7-11-5-3-4-6-11/h9-11,18H,2-8H2,1H3,(H,16,17). The molecule has 118 valence electrons. The van der Waals surface area contributed by atoms with Gasteiger partial charge < -0.3 is 5.32 Å². The van der Waals surface area contributed by atoms with E-state index in [0.29, 0.717) is 29.3 Å². The molecule has 7 heteroatoms. The van der Waals surface area contributed by atoms with E-state index in [2.05, 4.69) is 31.0 Å². The second kappa shape index (κ2) is 7.56. The summed E-state index contributed by atoms with van der Waals surface area (Å²) >= 11 is 3.28. The van der Waals surface area contributed by atoms with Crippen molar-refractivity contribution in [2.75, 3.05) is 18.4 Å². The maximum atomic E-state index is 12.4. The van der Waals surface area contributed by atoms with Crippen LogP contribution in [0.3, 0.4) is 0 Å². The zero-order valence-electron chi connectivity index (χ0n) is 12.2. The lowest BCUT2D eigenvalue weighted by Crippen LogP contribution is -2.27. The molecule has 1 fully saturated rings. The molecule has 1 saturated carbocycles. The number of anilines is 1. The Morgan fingerprint density at radius 3 is 2.76 bits per heavy atom. The van der Waals surface area contributed by atoms with E-state index in [9.17, 15) is 8.42 Å². The maximum absolute atomic E-state index is 12.4. The Bertz CT molecular complexity index is 572. The number of hydrogen-bond acceptors (Lipinski definition) is 4. The second-order valence-electron chi connectivity index (χ2n) is 5.37. The van der Waals surface area contributed by atoms with Crippen LogP contribution in [0.15, 0.2) is 21.6 Å². The van der Waals surface area contributed by atoms with Crippen molar-refractivity contribution in [2.24, 2.45) is 5.92 Å². The van der Waals surface area contributed by atoms with Crippen LogP contribution in [-0.2, 0) is 10.0 Å². The molecule has 1 aromatic rings. The summed E-state index contributed by atoms with van der Waals surface area (Å²) in [5.41, 5.74) is 0. The fraction of sp³-hybridized carbons (Fsp3) is 0.643. The first-order valence-corrected chi connectivity index (χ1v) is 9.69. The maximum Gasteiger partial charge on any atom is 0.244 e. The number of sulfonamides is 1. The third kappa shape index (κ3) is 4.66. The average Bonchev–Trinajstić information content (AvgIpc) is 2.94. The minimum atomic E-state index is -3.53. The molecule has 0 bridgehead atoms. The quantitative estimate of drug-likeness (QED) is 0.767. The number of aromatic nitrogens is 1. The van der Waals surface area contributed by atoms with E-state index in [1.807, 2.05) is 6.92 Å². The summed E-state index contributed by atoms with van der Waals surface area (Å²) in [5.74, 6) is 1.07. The molecule has 1 aromatic heterocycles. The van der Waals surface area contributed by atoms with Crippen LogP contribution in [0.2, 0.25) is 0 Å². The van der Waals surface area contributed by atoms with Gasteiger partial charge in [-0.25, -0.2) is 18.1 Å².